The topological polar surface area (TPSA) is 46.3 Å². The summed E-state index contributed by atoms with van der Waals surface area (Å²) in [6, 6.07) is 0.116. The summed E-state index contributed by atoms with van der Waals surface area (Å²) in [6.07, 6.45) is 5.62. The molecule has 2 N–H and O–H groups in total. The maximum atomic E-state index is 11.9. The highest BCUT2D eigenvalue weighted by Gasteiger charge is 2.32. The van der Waals surface area contributed by atoms with Crippen molar-refractivity contribution in [3.8, 4) is 0 Å². The Morgan fingerprint density at radius 1 is 1.40 bits per heavy atom. The van der Waals surface area contributed by atoms with E-state index in [9.17, 15) is 4.79 Å². The van der Waals surface area contributed by atoms with Gasteiger partial charge in [0.25, 0.3) is 0 Å². The number of nitrogens with zero attached hydrogens (tertiary/aromatic N) is 1. The Morgan fingerprint density at radius 3 is 2.53 bits per heavy atom. The first-order chi connectivity index (χ1) is 7.20. The molecule has 15 heavy (non-hydrogen) atoms. The third kappa shape index (κ3) is 3.20. The number of carbonyl (C=O) groups excluding carboxylic acids is 1. The van der Waals surface area contributed by atoms with Crippen LogP contribution in [0, 0.1) is 11.8 Å². The van der Waals surface area contributed by atoms with Crippen LogP contribution in [0.1, 0.15) is 39.0 Å². The van der Waals surface area contributed by atoms with Gasteiger partial charge in [-0.1, -0.05) is 0 Å². The van der Waals surface area contributed by atoms with E-state index in [0.29, 0.717) is 12.3 Å². The first kappa shape index (κ1) is 10.9. The molecule has 3 heteroatoms. The highest BCUT2D eigenvalue weighted by molar-refractivity contribution is 5.76. The van der Waals surface area contributed by atoms with E-state index in [1.165, 1.54) is 25.7 Å². The second-order valence-corrected chi connectivity index (χ2v) is 5.08. The van der Waals surface area contributed by atoms with Gasteiger partial charge in [0.05, 0.1) is 0 Å². The van der Waals surface area contributed by atoms with Gasteiger partial charge >= 0.3 is 0 Å². The molecular formula is C12H22N2O. The fourth-order valence-electron chi connectivity index (χ4n) is 2.04. The molecule has 0 heterocycles. The first-order valence-corrected chi connectivity index (χ1v) is 6.24. The number of carbonyl (C=O) groups is 1. The van der Waals surface area contributed by atoms with Crippen LogP contribution < -0.4 is 5.73 Å². The van der Waals surface area contributed by atoms with Crippen LogP contribution in [0.4, 0.5) is 0 Å². The minimum absolute atomic E-state index is 0.116. The molecule has 0 aromatic carbocycles. The summed E-state index contributed by atoms with van der Waals surface area (Å²) in [5, 5.41) is 0. The van der Waals surface area contributed by atoms with Crippen molar-refractivity contribution in [3.63, 3.8) is 0 Å². The molecule has 1 unspecified atom stereocenters. The minimum atomic E-state index is 0.116. The summed E-state index contributed by atoms with van der Waals surface area (Å²) in [5.74, 6) is 1.68. The normalized spacial score (nSPS) is 22.5. The molecule has 1 atom stereocenters. The van der Waals surface area contributed by atoms with E-state index in [0.717, 1.165) is 19.0 Å². The average molecular weight is 210 g/mol. The lowest BCUT2D eigenvalue weighted by Crippen LogP contribution is -2.37. The SMILES string of the molecule is CCN(CC1CC1)C(=O)CC(N)C1CC1. The van der Waals surface area contributed by atoms with Crippen LogP contribution >= 0.6 is 0 Å². The van der Waals surface area contributed by atoms with Crippen molar-refractivity contribution < 1.29 is 4.79 Å². The second-order valence-electron chi connectivity index (χ2n) is 5.08. The minimum Gasteiger partial charge on any atom is -0.343 e. The molecule has 2 aliphatic carbocycles. The molecule has 0 aliphatic heterocycles. The number of hydrogen-bond donors (Lipinski definition) is 1. The number of amides is 1. The summed E-state index contributed by atoms with van der Waals surface area (Å²) in [4.78, 5) is 13.9. The van der Waals surface area contributed by atoms with Gasteiger partial charge in [-0.3, -0.25) is 4.79 Å². The van der Waals surface area contributed by atoms with Crippen LogP contribution in [0.5, 0.6) is 0 Å². The third-order valence-corrected chi connectivity index (χ3v) is 3.55. The lowest BCUT2D eigenvalue weighted by Gasteiger charge is -2.22. The van der Waals surface area contributed by atoms with E-state index in [1.54, 1.807) is 0 Å². The predicted octanol–water partition coefficient (Wildman–Crippen LogP) is 1.37. The molecule has 3 nitrogen and oxygen atoms in total. The molecule has 2 aliphatic rings. The molecule has 0 bridgehead atoms. The van der Waals surface area contributed by atoms with Gasteiger partial charge in [0.2, 0.25) is 5.91 Å². The van der Waals surface area contributed by atoms with Crippen molar-refractivity contribution >= 4 is 5.91 Å². The van der Waals surface area contributed by atoms with Crippen molar-refractivity contribution in [2.75, 3.05) is 13.1 Å². The van der Waals surface area contributed by atoms with Crippen LogP contribution in [0.3, 0.4) is 0 Å². The Morgan fingerprint density at radius 2 is 2.07 bits per heavy atom. The molecule has 2 fully saturated rings. The van der Waals surface area contributed by atoms with Gasteiger partial charge in [0.1, 0.15) is 0 Å². The zero-order valence-electron chi connectivity index (χ0n) is 9.61. The number of nitrogens with two attached hydrogens (primary N) is 1. The molecule has 2 saturated carbocycles. The van der Waals surface area contributed by atoms with Crippen LogP contribution in [0.25, 0.3) is 0 Å². The van der Waals surface area contributed by atoms with E-state index >= 15 is 0 Å². The van der Waals surface area contributed by atoms with Crippen molar-refractivity contribution in [2.45, 2.75) is 45.1 Å². The lowest BCUT2D eigenvalue weighted by molar-refractivity contribution is -0.131. The fourth-order valence-corrected chi connectivity index (χ4v) is 2.04. The standard InChI is InChI=1S/C12H22N2O/c1-2-14(8-9-3-4-9)12(15)7-11(13)10-5-6-10/h9-11H,2-8,13H2,1H3. The molecule has 0 radical (unpaired) electrons. The van der Waals surface area contributed by atoms with Crippen molar-refractivity contribution in [3.05, 3.63) is 0 Å². The summed E-state index contributed by atoms with van der Waals surface area (Å²) >= 11 is 0. The van der Waals surface area contributed by atoms with Crippen molar-refractivity contribution in [1.82, 2.24) is 4.90 Å². The molecule has 0 saturated heterocycles. The maximum absolute atomic E-state index is 11.9. The van der Waals surface area contributed by atoms with E-state index in [-0.39, 0.29) is 11.9 Å². The summed E-state index contributed by atoms with van der Waals surface area (Å²) < 4.78 is 0. The smallest absolute Gasteiger partial charge is 0.224 e. The van der Waals surface area contributed by atoms with E-state index in [1.807, 2.05) is 4.90 Å². The Hall–Kier alpha value is -0.570. The highest BCUT2D eigenvalue weighted by atomic mass is 16.2. The van der Waals surface area contributed by atoms with Crippen LogP contribution in [-0.2, 0) is 4.79 Å². The summed E-state index contributed by atoms with van der Waals surface area (Å²) in [5.41, 5.74) is 5.97. The third-order valence-electron chi connectivity index (χ3n) is 3.55. The molecule has 1 amide bonds. The van der Waals surface area contributed by atoms with Gasteiger partial charge in [0, 0.05) is 25.6 Å². The molecule has 86 valence electrons. The lowest BCUT2D eigenvalue weighted by atomic mass is 10.1. The Balaban J connectivity index is 1.75. The number of hydrogen-bond acceptors (Lipinski definition) is 2. The van der Waals surface area contributed by atoms with Gasteiger partial charge < -0.3 is 10.6 Å². The Bertz CT molecular complexity index is 234. The highest BCUT2D eigenvalue weighted by Crippen LogP contribution is 2.33. The predicted molar refractivity (Wildman–Crippen MR) is 60.3 cm³/mol. The van der Waals surface area contributed by atoms with Crippen LogP contribution in [-0.4, -0.2) is 29.9 Å². The largest absolute Gasteiger partial charge is 0.343 e. The van der Waals surface area contributed by atoms with Gasteiger partial charge in [-0.05, 0) is 44.4 Å². The van der Waals surface area contributed by atoms with Crippen LogP contribution in [0.2, 0.25) is 0 Å². The molecule has 0 aromatic rings. The summed E-state index contributed by atoms with van der Waals surface area (Å²) in [7, 11) is 0. The van der Waals surface area contributed by atoms with Gasteiger partial charge in [0.15, 0.2) is 0 Å². The van der Waals surface area contributed by atoms with Gasteiger partial charge in [-0.15, -0.1) is 0 Å². The fraction of sp³-hybridized carbons (Fsp3) is 0.917. The second kappa shape index (κ2) is 4.52. The zero-order valence-corrected chi connectivity index (χ0v) is 9.61. The molecule has 2 rings (SSSR count). The summed E-state index contributed by atoms with van der Waals surface area (Å²) in [6.45, 7) is 3.86. The first-order valence-electron chi connectivity index (χ1n) is 6.24. The van der Waals surface area contributed by atoms with Crippen molar-refractivity contribution in [1.29, 1.82) is 0 Å². The molecule has 0 spiro atoms. The van der Waals surface area contributed by atoms with Crippen molar-refractivity contribution in [2.24, 2.45) is 17.6 Å². The van der Waals surface area contributed by atoms with Gasteiger partial charge in [-0.2, -0.15) is 0 Å². The quantitative estimate of drug-likeness (QED) is 0.719. The number of rotatable bonds is 6. The Labute approximate surface area is 92.0 Å². The van der Waals surface area contributed by atoms with E-state index in [4.69, 9.17) is 5.73 Å². The monoisotopic (exact) mass is 210 g/mol. The van der Waals surface area contributed by atoms with Gasteiger partial charge in [-0.25, -0.2) is 0 Å². The molecule has 0 aromatic heterocycles. The zero-order chi connectivity index (χ0) is 10.8. The average Bonchev–Trinajstić information content (AvgIpc) is 3.03. The molecular weight excluding hydrogens is 188 g/mol. The van der Waals surface area contributed by atoms with E-state index < -0.39 is 0 Å². The van der Waals surface area contributed by atoms with Crippen LogP contribution in [0.15, 0.2) is 0 Å². The van der Waals surface area contributed by atoms with E-state index in [2.05, 4.69) is 6.92 Å². The Kier molecular flexibility index (Phi) is 3.29. The maximum Gasteiger partial charge on any atom is 0.224 e.